The van der Waals surface area contributed by atoms with Gasteiger partial charge in [-0.15, -0.1) is 0 Å². The van der Waals surface area contributed by atoms with E-state index < -0.39 is 11.6 Å². The van der Waals surface area contributed by atoms with Crippen molar-refractivity contribution < 1.29 is 8.78 Å². The van der Waals surface area contributed by atoms with Crippen molar-refractivity contribution in [3.8, 4) is 0 Å². The molecule has 0 radical (unpaired) electrons. The van der Waals surface area contributed by atoms with Crippen LogP contribution in [-0.2, 0) is 0 Å². The van der Waals surface area contributed by atoms with Gasteiger partial charge in [-0.1, -0.05) is 12.2 Å². The summed E-state index contributed by atoms with van der Waals surface area (Å²) in [5.74, 6) is -1.34. The van der Waals surface area contributed by atoms with Crippen LogP contribution in [0.3, 0.4) is 0 Å². The highest BCUT2D eigenvalue weighted by atomic mass is 32.1. The Morgan fingerprint density at radius 1 is 1.26 bits per heavy atom. The maximum Gasteiger partial charge on any atom is 0.150 e. The van der Waals surface area contributed by atoms with E-state index in [0.717, 1.165) is 31.5 Å². The Balaban J connectivity index is 2.57. The zero-order valence-electron chi connectivity index (χ0n) is 11.2. The first-order valence-electron chi connectivity index (χ1n) is 6.09. The number of benzene rings is 1. The SMILES string of the molecule is CN(C)CCCCNc1c(F)cc(C(N)=S)cc1F. The molecule has 0 fully saturated rings. The third kappa shape index (κ3) is 5.08. The van der Waals surface area contributed by atoms with E-state index in [1.54, 1.807) is 0 Å². The molecule has 6 heteroatoms. The lowest BCUT2D eigenvalue weighted by Gasteiger charge is -2.12. The first kappa shape index (κ1) is 15.8. The fourth-order valence-electron chi connectivity index (χ4n) is 1.65. The molecule has 0 heterocycles. The van der Waals surface area contributed by atoms with Crippen LogP contribution in [0.15, 0.2) is 12.1 Å². The number of thiocarbonyl (C=S) groups is 1. The van der Waals surface area contributed by atoms with Crippen LogP contribution in [-0.4, -0.2) is 37.1 Å². The molecule has 0 saturated carbocycles. The Kier molecular flexibility index (Phi) is 6.11. The van der Waals surface area contributed by atoms with Gasteiger partial charge in [0.2, 0.25) is 0 Å². The topological polar surface area (TPSA) is 41.3 Å². The van der Waals surface area contributed by atoms with E-state index in [9.17, 15) is 8.78 Å². The molecule has 0 bridgehead atoms. The Bertz CT molecular complexity index is 427. The third-order valence-corrected chi connectivity index (χ3v) is 2.90. The van der Waals surface area contributed by atoms with E-state index in [0.29, 0.717) is 6.54 Å². The zero-order chi connectivity index (χ0) is 14.4. The molecule has 0 aliphatic carbocycles. The molecule has 0 aliphatic rings. The molecule has 1 aromatic rings. The van der Waals surface area contributed by atoms with E-state index in [1.807, 2.05) is 14.1 Å². The van der Waals surface area contributed by atoms with Gasteiger partial charge in [0, 0.05) is 12.1 Å². The lowest BCUT2D eigenvalue weighted by molar-refractivity contribution is 0.396. The first-order valence-corrected chi connectivity index (χ1v) is 6.50. The van der Waals surface area contributed by atoms with Gasteiger partial charge in [-0.25, -0.2) is 8.78 Å². The number of anilines is 1. The van der Waals surface area contributed by atoms with Crippen molar-refractivity contribution in [2.45, 2.75) is 12.8 Å². The van der Waals surface area contributed by atoms with Gasteiger partial charge in [-0.3, -0.25) is 0 Å². The predicted octanol–water partition coefficient (Wildman–Crippen LogP) is 2.35. The van der Waals surface area contributed by atoms with Crippen LogP contribution in [0, 0.1) is 11.6 Å². The minimum Gasteiger partial charge on any atom is -0.389 e. The summed E-state index contributed by atoms with van der Waals surface area (Å²) in [5.41, 5.74) is 5.42. The molecule has 19 heavy (non-hydrogen) atoms. The largest absolute Gasteiger partial charge is 0.389 e. The van der Waals surface area contributed by atoms with E-state index in [-0.39, 0.29) is 16.2 Å². The highest BCUT2D eigenvalue weighted by molar-refractivity contribution is 7.80. The maximum absolute atomic E-state index is 13.7. The van der Waals surface area contributed by atoms with Gasteiger partial charge in [-0.2, -0.15) is 0 Å². The number of hydrogen-bond acceptors (Lipinski definition) is 3. The smallest absolute Gasteiger partial charge is 0.150 e. The van der Waals surface area contributed by atoms with Gasteiger partial charge in [-0.05, 0) is 45.6 Å². The highest BCUT2D eigenvalue weighted by Gasteiger charge is 2.11. The van der Waals surface area contributed by atoms with Crippen LogP contribution < -0.4 is 11.1 Å². The molecule has 106 valence electrons. The number of nitrogens with zero attached hydrogens (tertiary/aromatic N) is 1. The molecule has 0 amide bonds. The molecule has 0 aliphatic heterocycles. The molecule has 1 aromatic carbocycles. The monoisotopic (exact) mass is 287 g/mol. The standard InChI is InChI=1S/C13H19F2N3S/c1-18(2)6-4-3-5-17-12-10(14)7-9(13(16)19)8-11(12)15/h7-8,17H,3-6H2,1-2H3,(H2,16,19). The summed E-state index contributed by atoms with van der Waals surface area (Å²) in [7, 11) is 3.97. The quantitative estimate of drug-likeness (QED) is 0.597. The van der Waals surface area contributed by atoms with Crippen LogP contribution >= 0.6 is 12.2 Å². The van der Waals surface area contributed by atoms with Gasteiger partial charge in [0.25, 0.3) is 0 Å². The van der Waals surface area contributed by atoms with Crippen molar-refractivity contribution >= 4 is 22.9 Å². The number of nitrogens with one attached hydrogen (secondary N) is 1. The van der Waals surface area contributed by atoms with Crippen LogP contribution in [0.25, 0.3) is 0 Å². The number of hydrogen-bond donors (Lipinski definition) is 2. The van der Waals surface area contributed by atoms with Gasteiger partial charge in [0.05, 0.1) is 0 Å². The van der Waals surface area contributed by atoms with Gasteiger partial charge < -0.3 is 16.0 Å². The van der Waals surface area contributed by atoms with Crippen molar-refractivity contribution in [2.24, 2.45) is 5.73 Å². The molecular weight excluding hydrogens is 268 g/mol. The number of nitrogens with two attached hydrogens (primary N) is 1. The van der Waals surface area contributed by atoms with E-state index in [1.165, 1.54) is 0 Å². The molecule has 0 aromatic heterocycles. The molecule has 0 atom stereocenters. The lowest BCUT2D eigenvalue weighted by Crippen LogP contribution is -2.15. The molecule has 3 N–H and O–H groups in total. The first-order chi connectivity index (χ1) is 8.91. The Morgan fingerprint density at radius 2 is 1.84 bits per heavy atom. The summed E-state index contributed by atoms with van der Waals surface area (Å²) in [6.07, 6.45) is 1.81. The summed E-state index contributed by atoms with van der Waals surface area (Å²) < 4.78 is 27.4. The average Bonchev–Trinajstić information content (AvgIpc) is 2.30. The summed E-state index contributed by atoms with van der Waals surface area (Å²) in [6, 6.07) is 2.29. The van der Waals surface area contributed by atoms with Crippen molar-refractivity contribution in [2.75, 3.05) is 32.5 Å². The van der Waals surface area contributed by atoms with E-state index >= 15 is 0 Å². The van der Waals surface area contributed by atoms with Crippen molar-refractivity contribution in [1.29, 1.82) is 0 Å². The van der Waals surface area contributed by atoms with Gasteiger partial charge >= 0.3 is 0 Å². The average molecular weight is 287 g/mol. The molecule has 0 spiro atoms. The summed E-state index contributed by atoms with van der Waals surface area (Å²) in [4.78, 5) is 2.05. The number of unbranched alkanes of at least 4 members (excludes halogenated alkanes) is 1. The summed E-state index contributed by atoms with van der Waals surface area (Å²) >= 11 is 4.69. The Morgan fingerprint density at radius 3 is 2.32 bits per heavy atom. The molecule has 0 unspecified atom stereocenters. The minimum atomic E-state index is -0.671. The maximum atomic E-state index is 13.7. The third-order valence-electron chi connectivity index (χ3n) is 2.66. The Labute approximate surface area is 117 Å². The minimum absolute atomic E-state index is 0.0182. The molecular formula is C13H19F2N3S. The van der Waals surface area contributed by atoms with E-state index in [4.69, 9.17) is 18.0 Å². The van der Waals surface area contributed by atoms with Crippen molar-refractivity contribution in [3.63, 3.8) is 0 Å². The zero-order valence-corrected chi connectivity index (χ0v) is 12.0. The number of rotatable bonds is 7. The highest BCUT2D eigenvalue weighted by Crippen LogP contribution is 2.20. The van der Waals surface area contributed by atoms with Gasteiger partial charge in [0.15, 0.2) is 0 Å². The number of halogens is 2. The second-order valence-electron chi connectivity index (χ2n) is 4.62. The van der Waals surface area contributed by atoms with Crippen molar-refractivity contribution in [3.05, 3.63) is 29.3 Å². The fraction of sp³-hybridized carbons (Fsp3) is 0.462. The summed E-state index contributed by atoms with van der Waals surface area (Å²) in [5, 5.41) is 2.77. The summed E-state index contributed by atoms with van der Waals surface area (Å²) in [6.45, 7) is 1.47. The van der Waals surface area contributed by atoms with Crippen molar-refractivity contribution in [1.82, 2.24) is 4.90 Å². The normalized spacial score (nSPS) is 10.8. The van der Waals surface area contributed by atoms with Gasteiger partial charge in [0.1, 0.15) is 22.3 Å². The van der Waals surface area contributed by atoms with E-state index in [2.05, 4.69) is 10.2 Å². The van der Waals surface area contributed by atoms with Crippen LogP contribution in [0.5, 0.6) is 0 Å². The second kappa shape index (κ2) is 7.35. The molecule has 1 rings (SSSR count). The predicted molar refractivity (Wildman–Crippen MR) is 78.5 cm³/mol. The Hall–Kier alpha value is -1.27. The second-order valence-corrected chi connectivity index (χ2v) is 5.06. The molecule has 3 nitrogen and oxygen atoms in total. The van der Waals surface area contributed by atoms with Crippen LogP contribution in [0.1, 0.15) is 18.4 Å². The fourth-order valence-corrected chi connectivity index (χ4v) is 1.77. The lowest BCUT2D eigenvalue weighted by atomic mass is 10.2. The van der Waals surface area contributed by atoms with Crippen LogP contribution in [0.4, 0.5) is 14.5 Å². The van der Waals surface area contributed by atoms with Crippen LogP contribution in [0.2, 0.25) is 0 Å². The molecule has 0 saturated heterocycles.